The number of hydrogen-bond acceptors (Lipinski definition) is 3. The third-order valence-electron chi connectivity index (χ3n) is 3.91. The standard InChI is InChI=1S/C14H25NO3/c1-4-11(5-2)14(17)15(10-13(16)18-3)12-8-6-7-9-12/h11-12H,4-10H2,1-3H3. The molecule has 4 nitrogen and oxygen atoms in total. The van der Waals surface area contributed by atoms with Gasteiger partial charge in [0.1, 0.15) is 6.54 Å². The second-order valence-electron chi connectivity index (χ2n) is 4.99. The molecule has 0 aromatic carbocycles. The van der Waals surface area contributed by atoms with Crippen LogP contribution in [0.2, 0.25) is 0 Å². The summed E-state index contributed by atoms with van der Waals surface area (Å²) < 4.78 is 4.70. The molecule has 0 spiro atoms. The molecule has 0 N–H and O–H groups in total. The van der Waals surface area contributed by atoms with Crippen molar-refractivity contribution in [2.75, 3.05) is 13.7 Å². The summed E-state index contributed by atoms with van der Waals surface area (Å²) in [5, 5.41) is 0. The summed E-state index contributed by atoms with van der Waals surface area (Å²) in [6.07, 6.45) is 6.00. The van der Waals surface area contributed by atoms with E-state index in [1.807, 2.05) is 13.8 Å². The quantitative estimate of drug-likeness (QED) is 0.684. The first-order valence-corrected chi connectivity index (χ1v) is 7.01. The van der Waals surface area contributed by atoms with Crippen LogP contribution in [-0.2, 0) is 14.3 Å². The van der Waals surface area contributed by atoms with E-state index in [1.54, 1.807) is 4.90 Å². The van der Waals surface area contributed by atoms with Crippen molar-refractivity contribution in [3.8, 4) is 0 Å². The van der Waals surface area contributed by atoms with Crippen molar-refractivity contribution in [1.29, 1.82) is 0 Å². The molecule has 0 aliphatic heterocycles. The predicted octanol–water partition coefficient (Wildman–Crippen LogP) is 2.37. The van der Waals surface area contributed by atoms with E-state index in [1.165, 1.54) is 7.11 Å². The van der Waals surface area contributed by atoms with Crippen LogP contribution in [0.5, 0.6) is 0 Å². The number of methoxy groups -OCH3 is 1. The van der Waals surface area contributed by atoms with Gasteiger partial charge < -0.3 is 9.64 Å². The van der Waals surface area contributed by atoms with Crippen molar-refractivity contribution in [3.63, 3.8) is 0 Å². The summed E-state index contributed by atoms with van der Waals surface area (Å²) in [6.45, 7) is 4.16. The molecule has 0 bridgehead atoms. The Morgan fingerprint density at radius 3 is 2.22 bits per heavy atom. The van der Waals surface area contributed by atoms with Crippen molar-refractivity contribution in [3.05, 3.63) is 0 Å². The third kappa shape index (κ3) is 3.72. The number of carbonyl (C=O) groups excluding carboxylic acids is 2. The second-order valence-corrected chi connectivity index (χ2v) is 4.99. The van der Waals surface area contributed by atoms with Crippen LogP contribution in [0.4, 0.5) is 0 Å². The maximum atomic E-state index is 12.5. The van der Waals surface area contributed by atoms with Gasteiger partial charge in [0.05, 0.1) is 7.11 Å². The number of esters is 1. The monoisotopic (exact) mass is 255 g/mol. The molecular formula is C14H25NO3. The van der Waals surface area contributed by atoms with Gasteiger partial charge in [-0.2, -0.15) is 0 Å². The van der Waals surface area contributed by atoms with Crippen molar-refractivity contribution >= 4 is 11.9 Å². The predicted molar refractivity (Wildman–Crippen MR) is 70.1 cm³/mol. The zero-order valence-corrected chi connectivity index (χ0v) is 11.8. The van der Waals surface area contributed by atoms with Gasteiger partial charge >= 0.3 is 5.97 Å². The number of amides is 1. The zero-order chi connectivity index (χ0) is 13.5. The summed E-state index contributed by atoms with van der Waals surface area (Å²) in [5.74, 6) is -0.159. The van der Waals surface area contributed by atoms with Gasteiger partial charge in [-0.05, 0) is 25.7 Å². The molecule has 0 aromatic rings. The first-order chi connectivity index (χ1) is 8.63. The first-order valence-electron chi connectivity index (χ1n) is 7.01. The smallest absolute Gasteiger partial charge is 0.325 e. The van der Waals surface area contributed by atoms with E-state index in [-0.39, 0.29) is 30.4 Å². The Labute approximate surface area is 110 Å². The number of nitrogens with zero attached hydrogens (tertiary/aromatic N) is 1. The highest BCUT2D eigenvalue weighted by Gasteiger charge is 2.31. The van der Waals surface area contributed by atoms with Crippen LogP contribution in [0.3, 0.4) is 0 Å². The van der Waals surface area contributed by atoms with Gasteiger partial charge in [-0.25, -0.2) is 0 Å². The molecular weight excluding hydrogens is 230 g/mol. The lowest BCUT2D eigenvalue weighted by molar-refractivity contribution is -0.150. The van der Waals surface area contributed by atoms with Gasteiger partial charge in [0.15, 0.2) is 0 Å². The van der Waals surface area contributed by atoms with E-state index in [0.29, 0.717) is 0 Å². The normalized spacial score (nSPS) is 16.0. The van der Waals surface area contributed by atoms with Gasteiger partial charge in [0.2, 0.25) is 5.91 Å². The van der Waals surface area contributed by atoms with Crippen LogP contribution in [0.1, 0.15) is 52.4 Å². The molecule has 104 valence electrons. The minimum absolute atomic E-state index is 0.0373. The molecule has 0 radical (unpaired) electrons. The minimum Gasteiger partial charge on any atom is -0.468 e. The molecule has 1 amide bonds. The molecule has 4 heteroatoms. The molecule has 1 saturated carbocycles. The fraction of sp³-hybridized carbons (Fsp3) is 0.857. The molecule has 1 rings (SSSR count). The van der Waals surface area contributed by atoms with Crippen LogP contribution >= 0.6 is 0 Å². The molecule has 0 unspecified atom stereocenters. The molecule has 0 heterocycles. The second kappa shape index (κ2) is 7.39. The largest absolute Gasteiger partial charge is 0.468 e. The Kier molecular flexibility index (Phi) is 6.16. The van der Waals surface area contributed by atoms with Crippen LogP contribution in [0, 0.1) is 5.92 Å². The number of ether oxygens (including phenoxy) is 1. The summed E-state index contributed by atoms with van der Waals surface area (Å²) in [5.41, 5.74) is 0. The van der Waals surface area contributed by atoms with Crippen LogP contribution in [-0.4, -0.2) is 36.5 Å². The highest BCUT2D eigenvalue weighted by Crippen LogP contribution is 2.26. The van der Waals surface area contributed by atoms with Crippen molar-refractivity contribution in [2.45, 2.75) is 58.4 Å². The van der Waals surface area contributed by atoms with Gasteiger partial charge in [-0.3, -0.25) is 9.59 Å². The van der Waals surface area contributed by atoms with E-state index in [9.17, 15) is 9.59 Å². The fourth-order valence-electron chi connectivity index (χ4n) is 2.68. The maximum absolute atomic E-state index is 12.5. The summed E-state index contributed by atoms with van der Waals surface area (Å²) >= 11 is 0. The van der Waals surface area contributed by atoms with Crippen LogP contribution in [0.25, 0.3) is 0 Å². The van der Waals surface area contributed by atoms with E-state index in [0.717, 1.165) is 38.5 Å². The highest BCUT2D eigenvalue weighted by molar-refractivity contribution is 5.84. The van der Waals surface area contributed by atoms with Crippen molar-refractivity contribution in [1.82, 2.24) is 4.90 Å². The highest BCUT2D eigenvalue weighted by atomic mass is 16.5. The number of carbonyl (C=O) groups is 2. The first kappa shape index (κ1) is 15.0. The van der Waals surface area contributed by atoms with E-state index in [4.69, 9.17) is 4.74 Å². The Balaban J connectivity index is 2.74. The third-order valence-corrected chi connectivity index (χ3v) is 3.91. The average molecular weight is 255 g/mol. The Morgan fingerprint density at radius 1 is 1.22 bits per heavy atom. The minimum atomic E-state index is -0.318. The lowest BCUT2D eigenvalue weighted by atomic mass is 10.0. The number of rotatable bonds is 6. The molecule has 1 aliphatic rings. The van der Waals surface area contributed by atoms with Gasteiger partial charge in [0, 0.05) is 12.0 Å². The lowest BCUT2D eigenvalue weighted by Gasteiger charge is -2.31. The van der Waals surface area contributed by atoms with Crippen molar-refractivity contribution in [2.24, 2.45) is 5.92 Å². The lowest BCUT2D eigenvalue weighted by Crippen LogP contribution is -2.45. The Bertz CT molecular complexity index is 281. The Morgan fingerprint density at radius 2 is 1.78 bits per heavy atom. The van der Waals surface area contributed by atoms with Crippen molar-refractivity contribution < 1.29 is 14.3 Å². The van der Waals surface area contributed by atoms with E-state index < -0.39 is 0 Å². The van der Waals surface area contributed by atoms with Crippen LogP contribution < -0.4 is 0 Å². The van der Waals surface area contributed by atoms with E-state index >= 15 is 0 Å². The van der Waals surface area contributed by atoms with Crippen LogP contribution in [0.15, 0.2) is 0 Å². The Hall–Kier alpha value is -1.06. The van der Waals surface area contributed by atoms with Gasteiger partial charge in [-0.1, -0.05) is 26.7 Å². The van der Waals surface area contributed by atoms with Gasteiger partial charge in [-0.15, -0.1) is 0 Å². The molecule has 0 atom stereocenters. The zero-order valence-electron chi connectivity index (χ0n) is 11.8. The molecule has 18 heavy (non-hydrogen) atoms. The molecule has 1 fully saturated rings. The number of hydrogen-bond donors (Lipinski definition) is 0. The molecule has 0 saturated heterocycles. The molecule has 1 aliphatic carbocycles. The SMILES string of the molecule is CCC(CC)C(=O)N(CC(=O)OC)C1CCCC1. The topological polar surface area (TPSA) is 46.6 Å². The van der Waals surface area contributed by atoms with E-state index in [2.05, 4.69) is 0 Å². The summed E-state index contributed by atoms with van der Waals surface area (Å²) in [4.78, 5) is 25.7. The summed E-state index contributed by atoms with van der Waals surface area (Å²) in [7, 11) is 1.37. The fourth-order valence-corrected chi connectivity index (χ4v) is 2.68. The van der Waals surface area contributed by atoms with Gasteiger partial charge in [0.25, 0.3) is 0 Å². The summed E-state index contributed by atoms with van der Waals surface area (Å²) in [6, 6.07) is 0.234. The average Bonchev–Trinajstić information content (AvgIpc) is 2.90. The molecule has 0 aromatic heterocycles. The maximum Gasteiger partial charge on any atom is 0.325 e.